The Morgan fingerprint density at radius 2 is 1.89 bits per heavy atom. The molecule has 2 heterocycles. The molecule has 0 aromatic carbocycles. The SMILES string of the molecule is CC(C)CN1CCC(N(C)C2CCCNC2)CC1. The van der Waals surface area contributed by atoms with E-state index in [0.29, 0.717) is 0 Å². The van der Waals surface area contributed by atoms with Gasteiger partial charge in [-0.1, -0.05) is 13.8 Å². The summed E-state index contributed by atoms with van der Waals surface area (Å²) < 4.78 is 0. The zero-order valence-electron chi connectivity index (χ0n) is 12.5. The molecule has 0 aliphatic carbocycles. The molecule has 1 atom stereocenters. The van der Waals surface area contributed by atoms with Gasteiger partial charge in [0.1, 0.15) is 0 Å². The van der Waals surface area contributed by atoms with Gasteiger partial charge in [0.15, 0.2) is 0 Å². The monoisotopic (exact) mass is 253 g/mol. The Hall–Kier alpha value is -0.120. The maximum absolute atomic E-state index is 3.54. The van der Waals surface area contributed by atoms with Gasteiger partial charge in [0.05, 0.1) is 0 Å². The molecule has 2 rings (SSSR count). The Morgan fingerprint density at radius 3 is 2.44 bits per heavy atom. The van der Waals surface area contributed by atoms with E-state index in [2.05, 4.69) is 36.0 Å². The van der Waals surface area contributed by atoms with Crippen LogP contribution < -0.4 is 5.32 Å². The maximum Gasteiger partial charge on any atom is 0.0221 e. The lowest BCUT2D eigenvalue weighted by Gasteiger charge is -2.42. The van der Waals surface area contributed by atoms with Crippen molar-refractivity contribution in [1.82, 2.24) is 15.1 Å². The van der Waals surface area contributed by atoms with Crippen molar-refractivity contribution >= 4 is 0 Å². The lowest BCUT2D eigenvalue weighted by atomic mass is 9.98. The second-order valence-corrected chi connectivity index (χ2v) is 6.59. The molecule has 0 saturated carbocycles. The number of hydrogen-bond donors (Lipinski definition) is 1. The Kier molecular flexibility index (Phi) is 5.46. The minimum atomic E-state index is 0.778. The Morgan fingerprint density at radius 1 is 1.17 bits per heavy atom. The van der Waals surface area contributed by atoms with E-state index in [9.17, 15) is 0 Å². The third kappa shape index (κ3) is 3.94. The molecule has 2 aliphatic rings. The van der Waals surface area contributed by atoms with Gasteiger partial charge in [-0.15, -0.1) is 0 Å². The topological polar surface area (TPSA) is 18.5 Å². The normalized spacial score (nSPS) is 28.2. The number of likely N-dealkylation sites (tertiary alicyclic amines) is 1. The van der Waals surface area contributed by atoms with E-state index >= 15 is 0 Å². The molecule has 1 N–H and O–H groups in total. The summed E-state index contributed by atoms with van der Waals surface area (Å²) in [5.41, 5.74) is 0. The summed E-state index contributed by atoms with van der Waals surface area (Å²) in [6, 6.07) is 1.60. The van der Waals surface area contributed by atoms with Gasteiger partial charge in [0, 0.05) is 25.2 Å². The number of hydrogen-bond acceptors (Lipinski definition) is 3. The molecule has 0 radical (unpaired) electrons. The van der Waals surface area contributed by atoms with Crippen molar-refractivity contribution in [3.05, 3.63) is 0 Å². The highest BCUT2D eigenvalue weighted by Gasteiger charge is 2.27. The molecule has 0 bridgehead atoms. The van der Waals surface area contributed by atoms with Gasteiger partial charge >= 0.3 is 0 Å². The van der Waals surface area contributed by atoms with Gasteiger partial charge in [-0.2, -0.15) is 0 Å². The molecule has 0 aromatic rings. The van der Waals surface area contributed by atoms with Crippen molar-refractivity contribution in [1.29, 1.82) is 0 Å². The Balaban J connectivity index is 1.74. The highest BCUT2D eigenvalue weighted by atomic mass is 15.2. The molecule has 2 fully saturated rings. The summed E-state index contributed by atoms with van der Waals surface area (Å²) in [6.07, 6.45) is 5.45. The third-order valence-corrected chi connectivity index (χ3v) is 4.60. The minimum Gasteiger partial charge on any atom is -0.315 e. The van der Waals surface area contributed by atoms with E-state index in [0.717, 1.165) is 18.0 Å². The maximum atomic E-state index is 3.54. The first-order valence-electron chi connectivity index (χ1n) is 7.82. The van der Waals surface area contributed by atoms with Crippen LogP contribution >= 0.6 is 0 Å². The second kappa shape index (κ2) is 6.88. The van der Waals surface area contributed by atoms with Crippen LogP contribution in [0, 0.1) is 5.92 Å². The molecule has 3 nitrogen and oxygen atoms in total. The molecule has 2 saturated heterocycles. The Bertz CT molecular complexity index is 228. The van der Waals surface area contributed by atoms with Gasteiger partial charge in [-0.25, -0.2) is 0 Å². The summed E-state index contributed by atoms with van der Waals surface area (Å²) in [5.74, 6) is 0.807. The lowest BCUT2D eigenvalue weighted by molar-refractivity contribution is 0.0809. The zero-order valence-corrected chi connectivity index (χ0v) is 12.5. The molecule has 2 aliphatic heterocycles. The average Bonchev–Trinajstić information content (AvgIpc) is 2.39. The molecule has 0 amide bonds. The first kappa shape index (κ1) is 14.3. The lowest BCUT2D eigenvalue weighted by Crippen LogP contribution is -2.52. The van der Waals surface area contributed by atoms with Crippen LogP contribution in [0.25, 0.3) is 0 Å². The number of piperidine rings is 2. The van der Waals surface area contributed by atoms with Crippen LogP contribution in [0.2, 0.25) is 0 Å². The summed E-state index contributed by atoms with van der Waals surface area (Å²) in [7, 11) is 2.35. The number of rotatable bonds is 4. The van der Waals surface area contributed by atoms with E-state index in [1.54, 1.807) is 0 Å². The summed E-state index contributed by atoms with van der Waals surface area (Å²) >= 11 is 0. The summed E-state index contributed by atoms with van der Waals surface area (Å²) in [6.45, 7) is 10.9. The van der Waals surface area contributed by atoms with E-state index in [1.807, 2.05) is 0 Å². The molecule has 0 spiro atoms. The van der Waals surface area contributed by atoms with E-state index in [4.69, 9.17) is 0 Å². The molecule has 3 heteroatoms. The fraction of sp³-hybridized carbons (Fsp3) is 1.00. The predicted molar refractivity (Wildman–Crippen MR) is 78.0 cm³/mol. The van der Waals surface area contributed by atoms with Gasteiger partial charge in [-0.3, -0.25) is 4.90 Å². The Labute approximate surface area is 113 Å². The fourth-order valence-electron chi connectivity index (χ4n) is 3.50. The van der Waals surface area contributed by atoms with Crippen LogP contribution in [0.1, 0.15) is 39.5 Å². The molecular weight excluding hydrogens is 222 g/mol. The van der Waals surface area contributed by atoms with Crippen molar-refractivity contribution in [2.75, 3.05) is 39.8 Å². The largest absolute Gasteiger partial charge is 0.315 e. The number of nitrogens with zero attached hydrogens (tertiary/aromatic N) is 2. The average molecular weight is 253 g/mol. The van der Waals surface area contributed by atoms with Crippen molar-refractivity contribution in [3.8, 4) is 0 Å². The second-order valence-electron chi connectivity index (χ2n) is 6.59. The van der Waals surface area contributed by atoms with Crippen molar-refractivity contribution in [3.63, 3.8) is 0 Å². The highest BCUT2D eigenvalue weighted by molar-refractivity contribution is 4.85. The van der Waals surface area contributed by atoms with Gasteiger partial charge in [0.25, 0.3) is 0 Å². The van der Waals surface area contributed by atoms with Crippen molar-refractivity contribution < 1.29 is 0 Å². The smallest absolute Gasteiger partial charge is 0.0221 e. The van der Waals surface area contributed by atoms with E-state index < -0.39 is 0 Å². The first-order chi connectivity index (χ1) is 8.66. The van der Waals surface area contributed by atoms with E-state index in [-0.39, 0.29) is 0 Å². The van der Waals surface area contributed by atoms with Crippen LogP contribution in [0.4, 0.5) is 0 Å². The van der Waals surface area contributed by atoms with Crippen LogP contribution in [0.3, 0.4) is 0 Å². The molecular formula is C15H31N3. The quantitative estimate of drug-likeness (QED) is 0.824. The van der Waals surface area contributed by atoms with Crippen LogP contribution in [-0.2, 0) is 0 Å². The van der Waals surface area contributed by atoms with Crippen molar-refractivity contribution in [2.24, 2.45) is 5.92 Å². The third-order valence-electron chi connectivity index (χ3n) is 4.60. The number of nitrogens with one attached hydrogen (secondary N) is 1. The van der Waals surface area contributed by atoms with Gasteiger partial charge in [0.2, 0.25) is 0 Å². The molecule has 106 valence electrons. The van der Waals surface area contributed by atoms with E-state index in [1.165, 1.54) is 58.4 Å². The van der Waals surface area contributed by atoms with Gasteiger partial charge < -0.3 is 10.2 Å². The molecule has 0 aromatic heterocycles. The summed E-state index contributed by atoms with van der Waals surface area (Å²) in [4.78, 5) is 5.31. The first-order valence-corrected chi connectivity index (χ1v) is 7.82. The standard InChI is InChI=1S/C15H31N3/c1-13(2)12-18-9-6-14(7-10-18)17(3)15-5-4-8-16-11-15/h13-16H,4-12H2,1-3H3. The minimum absolute atomic E-state index is 0.778. The highest BCUT2D eigenvalue weighted by Crippen LogP contribution is 2.20. The van der Waals surface area contributed by atoms with Crippen molar-refractivity contribution in [2.45, 2.75) is 51.6 Å². The molecule has 1 unspecified atom stereocenters. The van der Waals surface area contributed by atoms with Crippen LogP contribution in [-0.4, -0.2) is 61.7 Å². The zero-order chi connectivity index (χ0) is 13.0. The predicted octanol–water partition coefficient (Wildman–Crippen LogP) is 1.79. The van der Waals surface area contributed by atoms with Crippen LogP contribution in [0.15, 0.2) is 0 Å². The molecule has 18 heavy (non-hydrogen) atoms. The number of likely N-dealkylation sites (N-methyl/N-ethyl adjacent to an activating group) is 1. The fourth-order valence-corrected chi connectivity index (χ4v) is 3.50. The van der Waals surface area contributed by atoms with Gasteiger partial charge in [-0.05, 0) is 58.3 Å². The van der Waals surface area contributed by atoms with Crippen LogP contribution in [0.5, 0.6) is 0 Å². The summed E-state index contributed by atoms with van der Waals surface area (Å²) in [5, 5.41) is 3.54.